The first kappa shape index (κ1) is 30.5. The summed E-state index contributed by atoms with van der Waals surface area (Å²) in [7, 11) is 1.41. The smallest absolute Gasteiger partial charge is 0.316 e. The molecule has 11 heteroatoms. The van der Waals surface area contributed by atoms with Crippen LogP contribution in [-0.4, -0.2) is 81.2 Å². The van der Waals surface area contributed by atoms with E-state index in [2.05, 4.69) is 18.7 Å². The highest BCUT2D eigenvalue weighted by atomic mass is 19.1. The van der Waals surface area contributed by atoms with Crippen LogP contribution in [-0.2, 0) is 4.79 Å². The number of piperazine rings is 1. The number of benzene rings is 2. The number of Topliss-reactive ketones (excluding diaryl/α,β-unsaturated/α-hetero) is 1. The van der Waals surface area contributed by atoms with E-state index in [-0.39, 0.29) is 29.2 Å². The summed E-state index contributed by atoms with van der Waals surface area (Å²) >= 11 is 0. The van der Waals surface area contributed by atoms with Gasteiger partial charge < -0.3 is 24.5 Å². The fourth-order valence-electron chi connectivity index (χ4n) is 6.21. The number of anilines is 3. The van der Waals surface area contributed by atoms with Gasteiger partial charge in [0, 0.05) is 56.6 Å². The highest BCUT2D eigenvalue weighted by Crippen LogP contribution is 2.48. The van der Waals surface area contributed by atoms with Crippen LogP contribution in [0, 0.1) is 23.4 Å². The number of allylic oxidation sites excluding steroid dienone is 3. The van der Waals surface area contributed by atoms with E-state index in [0.717, 1.165) is 43.9 Å². The number of aliphatic carboxylic acids is 1. The first-order valence-electron chi connectivity index (χ1n) is 14.7. The van der Waals surface area contributed by atoms with Crippen molar-refractivity contribution in [3.05, 3.63) is 70.7 Å². The molecule has 1 unspecified atom stereocenters. The maximum atomic E-state index is 15.9. The quantitative estimate of drug-likeness (QED) is 0.401. The van der Waals surface area contributed by atoms with Gasteiger partial charge in [0.25, 0.3) is 0 Å². The van der Waals surface area contributed by atoms with E-state index in [4.69, 9.17) is 4.74 Å². The van der Waals surface area contributed by atoms with Gasteiger partial charge in [0.15, 0.2) is 17.3 Å². The third kappa shape index (κ3) is 5.95. The molecule has 5 rings (SSSR count). The van der Waals surface area contributed by atoms with Crippen molar-refractivity contribution in [2.45, 2.75) is 26.7 Å². The summed E-state index contributed by atoms with van der Waals surface area (Å²) < 4.78 is 49.5. The zero-order chi connectivity index (χ0) is 30.8. The van der Waals surface area contributed by atoms with E-state index in [9.17, 15) is 23.5 Å². The van der Waals surface area contributed by atoms with Crippen molar-refractivity contribution in [2.75, 3.05) is 74.2 Å². The molecule has 8 nitrogen and oxygen atoms in total. The Morgan fingerprint density at radius 1 is 0.977 bits per heavy atom. The normalized spacial score (nSPS) is 18.9. The lowest BCUT2D eigenvalue weighted by molar-refractivity contribution is -0.139. The first-order chi connectivity index (χ1) is 20.7. The van der Waals surface area contributed by atoms with E-state index in [1.807, 2.05) is 12.2 Å². The van der Waals surface area contributed by atoms with Gasteiger partial charge in [-0.15, -0.1) is 0 Å². The van der Waals surface area contributed by atoms with Crippen LogP contribution in [0.25, 0.3) is 0 Å². The summed E-state index contributed by atoms with van der Waals surface area (Å²) in [6.07, 6.45) is 5.41. The van der Waals surface area contributed by atoms with E-state index < -0.39 is 35.1 Å². The standard InChI is InChI=1S/C32H37F3N4O4/c1-4-36(5-2)18-20-6-9-22(10-7-20)39-19-24(32(41)42)30(40)23-17-26(35)29(31(43-3)28(23)39)38-14-12-37(13-15-38)27-11-8-21(33)16-25(27)34/h6,8-9,11,16-17,24H,4-5,7,10,12-15,18-19H2,1-3H3,(H,41,42). The molecule has 0 aromatic heterocycles. The Morgan fingerprint density at radius 3 is 2.26 bits per heavy atom. The number of carbonyl (C=O) groups excluding carboxylic acids is 1. The molecule has 1 N–H and O–H groups in total. The molecule has 1 aliphatic carbocycles. The van der Waals surface area contributed by atoms with Crippen molar-refractivity contribution >= 4 is 28.8 Å². The SMILES string of the molecule is CCN(CC)CC1=CC=C(N2CC(C(=O)O)C(=O)c3cc(F)c(N4CCN(c5ccc(F)cc5F)CC4)c(OC)c32)CC1. The Bertz CT molecular complexity index is 1460. The van der Waals surface area contributed by atoms with E-state index in [1.165, 1.54) is 24.8 Å². The molecule has 3 aliphatic rings. The van der Waals surface area contributed by atoms with Crippen LogP contribution in [0.4, 0.5) is 30.2 Å². The number of halogens is 3. The largest absolute Gasteiger partial charge is 0.492 e. The Morgan fingerprint density at radius 2 is 1.67 bits per heavy atom. The number of ether oxygens (including phenoxy) is 1. The molecule has 1 fully saturated rings. The molecule has 2 aromatic rings. The van der Waals surface area contributed by atoms with Crippen LogP contribution in [0.3, 0.4) is 0 Å². The fraction of sp³-hybridized carbons (Fsp3) is 0.438. The second kappa shape index (κ2) is 12.7. The van der Waals surface area contributed by atoms with Crippen molar-refractivity contribution in [2.24, 2.45) is 5.92 Å². The van der Waals surface area contributed by atoms with Gasteiger partial charge in [-0.05, 0) is 50.2 Å². The van der Waals surface area contributed by atoms with Gasteiger partial charge in [-0.3, -0.25) is 14.5 Å². The Kier molecular flexibility index (Phi) is 9.00. The zero-order valence-electron chi connectivity index (χ0n) is 24.7. The molecule has 0 saturated carbocycles. The van der Waals surface area contributed by atoms with E-state index in [0.29, 0.717) is 38.3 Å². The average Bonchev–Trinajstić information content (AvgIpc) is 3.00. The zero-order valence-corrected chi connectivity index (χ0v) is 24.7. The van der Waals surface area contributed by atoms with Crippen LogP contribution in [0.15, 0.2) is 47.7 Å². The van der Waals surface area contributed by atoms with Crippen molar-refractivity contribution in [1.29, 1.82) is 0 Å². The number of fused-ring (bicyclic) bond motifs is 1. The van der Waals surface area contributed by atoms with Gasteiger partial charge in [0.05, 0.1) is 18.5 Å². The second-order valence-corrected chi connectivity index (χ2v) is 11.0. The first-order valence-corrected chi connectivity index (χ1v) is 14.7. The summed E-state index contributed by atoms with van der Waals surface area (Å²) in [6.45, 7) is 8.17. The molecule has 0 bridgehead atoms. The van der Waals surface area contributed by atoms with Crippen molar-refractivity contribution < 1.29 is 32.6 Å². The lowest BCUT2D eigenvalue weighted by atomic mass is 9.88. The van der Waals surface area contributed by atoms with Crippen molar-refractivity contribution in [3.8, 4) is 5.75 Å². The molecule has 2 aliphatic heterocycles. The number of methoxy groups -OCH3 is 1. The molecule has 0 amide bonds. The van der Waals surface area contributed by atoms with Gasteiger partial charge in [0.1, 0.15) is 23.2 Å². The molecule has 1 atom stereocenters. The Hall–Kier alpha value is -3.99. The van der Waals surface area contributed by atoms with E-state index >= 15 is 4.39 Å². The number of nitrogens with zero attached hydrogens (tertiary/aromatic N) is 4. The molecule has 43 heavy (non-hydrogen) atoms. The van der Waals surface area contributed by atoms with Crippen LogP contribution < -0.4 is 19.4 Å². The van der Waals surface area contributed by atoms with Gasteiger partial charge in [0.2, 0.25) is 0 Å². The number of likely N-dealkylation sites (N-methyl/N-ethyl adjacent to an activating group) is 1. The molecule has 2 heterocycles. The van der Waals surface area contributed by atoms with Crippen LogP contribution in [0.1, 0.15) is 37.0 Å². The molecular weight excluding hydrogens is 561 g/mol. The minimum Gasteiger partial charge on any atom is -0.492 e. The summed E-state index contributed by atoms with van der Waals surface area (Å²) in [6, 6.07) is 4.55. The Labute approximate surface area is 249 Å². The van der Waals surface area contributed by atoms with Crippen LogP contribution >= 0.6 is 0 Å². The number of ketones is 1. The topological polar surface area (TPSA) is 76.6 Å². The van der Waals surface area contributed by atoms with Crippen LogP contribution in [0.2, 0.25) is 0 Å². The summed E-state index contributed by atoms with van der Waals surface area (Å²) in [5.41, 5.74) is 2.87. The summed E-state index contributed by atoms with van der Waals surface area (Å²) in [5.74, 6) is -5.13. The maximum Gasteiger partial charge on any atom is 0.316 e. The second-order valence-electron chi connectivity index (χ2n) is 11.0. The predicted molar refractivity (Wildman–Crippen MR) is 160 cm³/mol. The predicted octanol–water partition coefficient (Wildman–Crippen LogP) is 5.09. The average molecular weight is 599 g/mol. The lowest BCUT2D eigenvalue weighted by Gasteiger charge is -2.41. The van der Waals surface area contributed by atoms with Crippen molar-refractivity contribution in [3.63, 3.8) is 0 Å². The lowest BCUT2D eigenvalue weighted by Crippen LogP contribution is -2.47. The number of carbonyl (C=O) groups is 2. The monoisotopic (exact) mass is 598 g/mol. The van der Waals surface area contributed by atoms with Gasteiger partial charge in [-0.1, -0.05) is 25.5 Å². The number of hydrogen-bond donors (Lipinski definition) is 1. The third-order valence-corrected chi connectivity index (χ3v) is 8.63. The summed E-state index contributed by atoms with van der Waals surface area (Å²) in [5, 5.41) is 9.88. The molecule has 0 radical (unpaired) electrons. The number of rotatable bonds is 9. The van der Waals surface area contributed by atoms with Crippen molar-refractivity contribution in [1.82, 2.24) is 4.90 Å². The fourth-order valence-corrected chi connectivity index (χ4v) is 6.21. The maximum absolute atomic E-state index is 15.9. The highest BCUT2D eigenvalue weighted by Gasteiger charge is 2.42. The molecular formula is C32H37F3N4O4. The number of carboxylic acid groups (broad SMARTS) is 1. The Balaban J connectivity index is 1.50. The minimum absolute atomic E-state index is 0.0254. The molecule has 230 valence electrons. The highest BCUT2D eigenvalue weighted by molar-refractivity contribution is 6.15. The number of carboxylic acids is 1. The van der Waals surface area contributed by atoms with Gasteiger partial charge in [-0.2, -0.15) is 0 Å². The van der Waals surface area contributed by atoms with Crippen LogP contribution in [0.5, 0.6) is 5.75 Å². The third-order valence-electron chi connectivity index (χ3n) is 8.63. The van der Waals surface area contributed by atoms with E-state index in [1.54, 1.807) is 14.7 Å². The molecule has 2 aromatic carbocycles. The summed E-state index contributed by atoms with van der Waals surface area (Å²) in [4.78, 5) is 33.1. The van der Waals surface area contributed by atoms with Gasteiger partial charge >= 0.3 is 5.97 Å². The molecule has 1 saturated heterocycles. The molecule has 0 spiro atoms. The minimum atomic E-state index is -1.35. The number of hydrogen-bond acceptors (Lipinski definition) is 7. The van der Waals surface area contributed by atoms with Gasteiger partial charge in [-0.25, -0.2) is 13.2 Å².